The third-order valence-corrected chi connectivity index (χ3v) is 8.52. The van der Waals surface area contributed by atoms with E-state index in [1.54, 1.807) is 12.2 Å². The smallest absolute Gasteiger partial charge is 0.303 e. The van der Waals surface area contributed by atoms with Gasteiger partial charge in [0, 0.05) is 23.7 Å². The maximum atomic E-state index is 12.9. The molecule has 3 saturated carbocycles. The first-order chi connectivity index (χ1) is 13.5. The van der Waals surface area contributed by atoms with E-state index in [1.165, 1.54) is 6.92 Å². The number of allylic oxidation sites excluding steroid dienone is 4. The molecule has 29 heavy (non-hydrogen) atoms. The molecule has 0 saturated heterocycles. The van der Waals surface area contributed by atoms with Crippen molar-refractivity contribution in [3.05, 3.63) is 23.8 Å². The summed E-state index contributed by atoms with van der Waals surface area (Å²) in [6, 6.07) is 0. The van der Waals surface area contributed by atoms with E-state index >= 15 is 0 Å². The molecule has 6 nitrogen and oxygen atoms in total. The van der Waals surface area contributed by atoms with Crippen LogP contribution in [0, 0.1) is 28.6 Å². The van der Waals surface area contributed by atoms with E-state index in [0.29, 0.717) is 19.3 Å². The molecule has 4 rings (SSSR count). The number of carbonyl (C=O) groups is 3. The van der Waals surface area contributed by atoms with E-state index in [1.807, 2.05) is 13.0 Å². The fourth-order valence-electron chi connectivity index (χ4n) is 7.08. The van der Waals surface area contributed by atoms with Gasteiger partial charge in [0.15, 0.2) is 12.4 Å². The molecule has 4 aliphatic rings. The van der Waals surface area contributed by atoms with Crippen LogP contribution in [0.15, 0.2) is 23.8 Å². The highest BCUT2D eigenvalue weighted by Crippen LogP contribution is 2.67. The summed E-state index contributed by atoms with van der Waals surface area (Å²) in [6.45, 7) is 4.80. The minimum Gasteiger partial charge on any atom is -0.458 e. The lowest BCUT2D eigenvalue weighted by atomic mass is 9.46. The van der Waals surface area contributed by atoms with Crippen molar-refractivity contribution in [2.75, 3.05) is 6.61 Å². The van der Waals surface area contributed by atoms with Gasteiger partial charge in [0.25, 0.3) is 0 Å². The Bertz CT molecular complexity index is 827. The second-order valence-corrected chi connectivity index (χ2v) is 9.81. The lowest BCUT2D eigenvalue weighted by Gasteiger charge is -2.59. The fraction of sp³-hybridized carbons (Fsp3) is 0.696. The number of hydrogen-bond acceptors (Lipinski definition) is 6. The Morgan fingerprint density at radius 1 is 1.28 bits per heavy atom. The second-order valence-electron chi connectivity index (χ2n) is 9.81. The van der Waals surface area contributed by atoms with Crippen LogP contribution in [0.2, 0.25) is 0 Å². The number of hydrogen-bond donors (Lipinski definition) is 2. The zero-order valence-electron chi connectivity index (χ0n) is 17.3. The van der Waals surface area contributed by atoms with Gasteiger partial charge in [-0.3, -0.25) is 14.4 Å². The van der Waals surface area contributed by atoms with Gasteiger partial charge in [-0.1, -0.05) is 25.5 Å². The molecule has 6 heteroatoms. The zero-order valence-corrected chi connectivity index (χ0v) is 17.3. The lowest BCUT2D eigenvalue weighted by molar-refractivity contribution is -0.181. The SMILES string of the molecule is CC(=O)OCC(=O)[C@@]1(O)CC[C@H]2[C@@H]3CCC4=CC(=O)C=C[C@]4(C)[C@H]3[C@H](O)C[C@@]21C. The number of rotatable bonds is 3. The summed E-state index contributed by atoms with van der Waals surface area (Å²) < 4.78 is 4.88. The minimum absolute atomic E-state index is 0.00243. The molecule has 4 aliphatic carbocycles. The Morgan fingerprint density at radius 3 is 2.69 bits per heavy atom. The van der Waals surface area contributed by atoms with E-state index in [9.17, 15) is 24.6 Å². The number of carbonyl (C=O) groups excluding carboxylic acids is 3. The minimum atomic E-state index is -1.60. The lowest BCUT2D eigenvalue weighted by Crippen LogP contribution is -2.61. The molecule has 0 unspecified atom stereocenters. The van der Waals surface area contributed by atoms with Crippen LogP contribution in [0.5, 0.6) is 0 Å². The summed E-state index contributed by atoms with van der Waals surface area (Å²) in [5.74, 6) is -0.836. The van der Waals surface area contributed by atoms with Crippen molar-refractivity contribution in [2.45, 2.75) is 64.6 Å². The fourth-order valence-corrected chi connectivity index (χ4v) is 7.08. The standard InChI is InChI=1S/C23H30O6/c1-13(24)29-12-19(27)23(28)9-7-17-16-5-4-14-10-15(25)6-8-21(14,2)20(16)18(26)11-22(17,23)3/h6,8,10,16-18,20,26,28H,4-5,7,9,11-12H2,1-3H3/t16-,17-,18+,20+,21-,22-,23-/m0/s1. The van der Waals surface area contributed by atoms with Crippen molar-refractivity contribution in [1.82, 2.24) is 0 Å². The monoisotopic (exact) mass is 402 g/mol. The maximum Gasteiger partial charge on any atom is 0.303 e. The quantitative estimate of drug-likeness (QED) is 0.702. The average molecular weight is 402 g/mol. The normalized spacial score (nSPS) is 45.7. The van der Waals surface area contributed by atoms with Crippen molar-refractivity contribution in [3.63, 3.8) is 0 Å². The summed E-state index contributed by atoms with van der Waals surface area (Å²) in [4.78, 5) is 35.9. The van der Waals surface area contributed by atoms with E-state index in [0.717, 1.165) is 18.4 Å². The van der Waals surface area contributed by atoms with Crippen LogP contribution in [0.4, 0.5) is 0 Å². The average Bonchev–Trinajstić information content (AvgIpc) is 2.91. The molecular formula is C23H30O6. The molecule has 0 aliphatic heterocycles. The van der Waals surface area contributed by atoms with Gasteiger partial charge in [-0.25, -0.2) is 0 Å². The van der Waals surface area contributed by atoms with Gasteiger partial charge in [0.1, 0.15) is 5.60 Å². The van der Waals surface area contributed by atoms with Crippen LogP contribution >= 0.6 is 0 Å². The Morgan fingerprint density at radius 2 is 2.00 bits per heavy atom. The predicted octanol–water partition coefficient (Wildman–Crippen LogP) is 2.13. The van der Waals surface area contributed by atoms with Gasteiger partial charge in [-0.05, 0) is 56.1 Å². The Balaban J connectivity index is 1.66. The van der Waals surface area contributed by atoms with Gasteiger partial charge in [-0.2, -0.15) is 0 Å². The summed E-state index contributed by atoms with van der Waals surface area (Å²) in [5.41, 5.74) is -1.67. The molecule has 0 amide bonds. The summed E-state index contributed by atoms with van der Waals surface area (Å²) in [7, 11) is 0. The second kappa shape index (κ2) is 6.61. The van der Waals surface area contributed by atoms with Crippen LogP contribution in [-0.2, 0) is 19.1 Å². The largest absolute Gasteiger partial charge is 0.458 e. The highest BCUT2D eigenvalue weighted by atomic mass is 16.5. The Labute approximate surface area is 171 Å². The molecular weight excluding hydrogens is 372 g/mol. The number of aliphatic hydroxyl groups is 2. The van der Waals surface area contributed by atoms with Crippen molar-refractivity contribution in [1.29, 1.82) is 0 Å². The molecule has 0 aromatic carbocycles. The first-order valence-electron chi connectivity index (χ1n) is 10.5. The molecule has 0 aromatic rings. The summed E-state index contributed by atoms with van der Waals surface area (Å²) in [6.07, 6.45) is 7.50. The summed E-state index contributed by atoms with van der Waals surface area (Å²) >= 11 is 0. The predicted molar refractivity (Wildman–Crippen MR) is 105 cm³/mol. The molecule has 0 aromatic heterocycles. The van der Waals surface area contributed by atoms with Gasteiger partial charge < -0.3 is 14.9 Å². The third-order valence-electron chi connectivity index (χ3n) is 8.52. The van der Waals surface area contributed by atoms with E-state index in [2.05, 4.69) is 6.92 Å². The van der Waals surface area contributed by atoms with Gasteiger partial charge in [0.05, 0.1) is 6.10 Å². The van der Waals surface area contributed by atoms with Crippen molar-refractivity contribution in [2.24, 2.45) is 28.6 Å². The molecule has 2 N–H and O–H groups in total. The first kappa shape index (κ1) is 20.5. The molecule has 158 valence electrons. The third kappa shape index (κ3) is 2.79. The number of esters is 1. The van der Waals surface area contributed by atoms with Crippen molar-refractivity contribution >= 4 is 17.5 Å². The molecule has 0 spiro atoms. The molecule has 0 bridgehead atoms. The maximum absolute atomic E-state index is 12.9. The van der Waals surface area contributed by atoms with Crippen LogP contribution in [0.25, 0.3) is 0 Å². The highest BCUT2D eigenvalue weighted by Gasteiger charge is 2.68. The molecule has 3 fully saturated rings. The first-order valence-corrected chi connectivity index (χ1v) is 10.5. The van der Waals surface area contributed by atoms with Gasteiger partial charge >= 0.3 is 5.97 Å². The van der Waals surface area contributed by atoms with Crippen molar-refractivity contribution in [3.8, 4) is 0 Å². The molecule has 0 heterocycles. The molecule has 0 radical (unpaired) electrons. The van der Waals surface area contributed by atoms with Gasteiger partial charge in [-0.15, -0.1) is 0 Å². The van der Waals surface area contributed by atoms with Crippen molar-refractivity contribution < 1.29 is 29.3 Å². The number of ether oxygens (including phenoxy) is 1. The number of Topliss-reactive ketones (excluding diaryl/α,β-unsaturated/α-hetero) is 1. The molecule has 7 atom stereocenters. The number of ketones is 2. The van der Waals surface area contributed by atoms with Crippen LogP contribution in [-0.4, -0.2) is 46.1 Å². The van der Waals surface area contributed by atoms with E-state index < -0.39 is 35.5 Å². The van der Waals surface area contributed by atoms with E-state index in [-0.39, 0.29) is 29.0 Å². The van der Waals surface area contributed by atoms with Gasteiger partial charge in [0.2, 0.25) is 5.78 Å². The van der Waals surface area contributed by atoms with Crippen LogP contribution in [0.3, 0.4) is 0 Å². The zero-order chi connectivity index (χ0) is 21.2. The van der Waals surface area contributed by atoms with Crippen LogP contribution < -0.4 is 0 Å². The Hall–Kier alpha value is -1.79. The highest BCUT2D eigenvalue weighted by molar-refractivity contribution is 6.01. The number of aliphatic hydroxyl groups excluding tert-OH is 1. The summed E-state index contributed by atoms with van der Waals surface area (Å²) in [5, 5.41) is 22.7. The number of fused-ring (bicyclic) bond motifs is 5. The topological polar surface area (TPSA) is 101 Å². The Kier molecular flexibility index (Phi) is 4.67. The van der Waals surface area contributed by atoms with Crippen LogP contribution in [0.1, 0.15) is 52.9 Å². The van der Waals surface area contributed by atoms with E-state index in [4.69, 9.17) is 4.74 Å².